The molecule has 2 rings (SSSR count). The summed E-state index contributed by atoms with van der Waals surface area (Å²) in [6.45, 7) is 8.37. The highest BCUT2D eigenvalue weighted by Gasteiger charge is 2.60. The molecule has 0 saturated carbocycles. The Morgan fingerprint density at radius 2 is 1.36 bits per heavy atom. The van der Waals surface area contributed by atoms with E-state index < -0.39 is 104 Å². The van der Waals surface area contributed by atoms with Crippen LogP contribution in [-0.2, 0) is 42.8 Å². The Morgan fingerprint density at radius 3 is 1.84 bits per heavy atom. The standard InChI is InChI=1S/C30H52O14/c1-7-17(5)27(37)41-23-20(14-32)39-29(44-30(15-33)26(36)22(35)19(13-31)43-30)25(42-28(38)18(6)8-2)24(23)40-21(34)12-10-9-11-16(3)4/h16-20,22-26,29,31-33,35-36H,7-15H2,1-6H3/t17?,18?,19-,20-,22-,23-,24+,25-,26+,29-,30+/m1/s1. The summed E-state index contributed by atoms with van der Waals surface area (Å²) in [7, 11) is 0. The quantitative estimate of drug-likeness (QED) is 0.0840. The number of esters is 3. The number of hydrogen-bond donors (Lipinski definition) is 5. The van der Waals surface area contributed by atoms with Crippen LogP contribution in [0.4, 0.5) is 0 Å². The van der Waals surface area contributed by atoms with Crippen molar-refractivity contribution in [1.29, 1.82) is 0 Å². The summed E-state index contributed by atoms with van der Waals surface area (Å²) >= 11 is 0. The first kappa shape index (κ1) is 38.3. The summed E-state index contributed by atoms with van der Waals surface area (Å²) in [5, 5.41) is 51.2. The Morgan fingerprint density at radius 1 is 0.795 bits per heavy atom. The average Bonchev–Trinajstić information content (AvgIpc) is 3.25. The fraction of sp³-hybridized carbons (Fsp3) is 0.900. The Hall–Kier alpha value is -1.91. The van der Waals surface area contributed by atoms with E-state index in [1.54, 1.807) is 27.7 Å². The van der Waals surface area contributed by atoms with Crippen molar-refractivity contribution in [2.75, 3.05) is 19.8 Å². The molecule has 14 nitrogen and oxygen atoms in total. The van der Waals surface area contributed by atoms with E-state index in [4.69, 9.17) is 28.4 Å². The number of ether oxygens (including phenoxy) is 6. The molecule has 2 unspecified atom stereocenters. The monoisotopic (exact) mass is 636 g/mol. The Kier molecular flexibility index (Phi) is 15.4. The maximum atomic E-state index is 13.1. The van der Waals surface area contributed by atoms with Crippen molar-refractivity contribution in [2.24, 2.45) is 17.8 Å². The van der Waals surface area contributed by atoms with Gasteiger partial charge in [-0.25, -0.2) is 0 Å². The van der Waals surface area contributed by atoms with Crippen LogP contribution in [0.3, 0.4) is 0 Å². The molecular formula is C30H52O14. The fourth-order valence-corrected chi connectivity index (χ4v) is 4.86. The summed E-state index contributed by atoms with van der Waals surface area (Å²) in [6, 6.07) is 0. The molecule has 5 N–H and O–H groups in total. The zero-order chi connectivity index (χ0) is 33.2. The number of rotatable bonds is 17. The zero-order valence-electron chi connectivity index (χ0n) is 26.6. The first-order valence-electron chi connectivity index (χ1n) is 15.6. The highest BCUT2D eigenvalue weighted by atomic mass is 16.8. The van der Waals surface area contributed by atoms with Crippen LogP contribution in [0.15, 0.2) is 0 Å². The molecule has 11 atom stereocenters. The van der Waals surface area contributed by atoms with Gasteiger partial charge in [0.15, 0.2) is 18.3 Å². The second-order valence-corrected chi connectivity index (χ2v) is 12.1. The van der Waals surface area contributed by atoms with Gasteiger partial charge in [-0.3, -0.25) is 14.4 Å². The smallest absolute Gasteiger partial charge is 0.309 e. The summed E-state index contributed by atoms with van der Waals surface area (Å²) in [5.41, 5.74) is 0. The summed E-state index contributed by atoms with van der Waals surface area (Å²) in [5.74, 6) is -5.21. The molecule has 14 heteroatoms. The normalized spacial score (nSPS) is 33.5. The Balaban J connectivity index is 2.54. The third-order valence-electron chi connectivity index (χ3n) is 8.21. The molecule has 0 radical (unpaired) electrons. The minimum atomic E-state index is -2.37. The molecule has 0 aromatic rings. The predicted molar refractivity (Wildman–Crippen MR) is 152 cm³/mol. The van der Waals surface area contributed by atoms with Gasteiger partial charge >= 0.3 is 17.9 Å². The third kappa shape index (κ3) is 9.55. The number of aliphatic hydroxyl groups is 5. The van der Waals surface area contributed by atoms with Crippen molar-refractivity contribution in [3.63, 3.8) is 0 Å². The number of unbranched alkanes of at least 4 members (excludes halogenated alkanes) is 1. The lowest BCUT2D eigenvalue weighted by atomic mass is 9.97. The molecule has 2 heterocycles. The Bertz CT molecular complexity index is 914. The molecule has 0 spiro atoms. The van der Waals surface area contributed by atoms with Crippen LogP contribution >= 0.6 is 0 Å². The van der Waals surface area contributed by atoms with Crippen LogP contribution in [0, 0.1) is 17.8 Å². The topological polar surface area (TPSA) is 208 Å². The second-order valence-electron chi connectivity index (χ2n) is 12.1. The summed E-state index contributed by atoms with van der Waals surface area (Å²) in [6.07, 6.45) is -9.71. The first-order chi connectivity index (χ1) is 20.8. The van der Waals surface area contributed by atoms with E-state index in [1.807, 2.05) is 0 Å². The molecule has 256 valence electrons. The minimum absolute atomic E-state index is 0.00419. The maximum absolute atomic E-state index is 13.1. The highest BCUT2D eigenvalue weighted by Crippen LogP contribution is 2.38. The zero-order valence-corrected chi connectivity index (χ0v) is 26.6. The van der Waals surface area contributed by atoms with Crippen LogP contribution < -0.4 is 0 Å². The highest BCUT2D eigenvalue weighted by molar-refractivity contribution is 5.73. The minimum Gasteiger partial charge on any atom is -0.455 e. The van der Waals surface area contributed by atoms with Crippen LogP contribution in [0.5, 0.6) is 0 Å². The van der Waals surface area contributed by atoms with Gasteiger partial charge in [0.1, 0.15) is 31.0 Å². The molecule has 0 bridgehead atoms. The molecule has 2 fully saturated rings. The van der Waals surface area contributed by atoms with Gasteiger partial charge in [0.25, 0.3) is 0 Å². The van der Waals surface area contributed by atoms with E-state index in [0.717, 1.165) is 12.8 Å². The third-order valence-corrected chi connectivity index (χ3v) is 8.21. The van der Waals surface area contributed by atoms with Crippen molar-refractivity contribution < 1.29 is 68.3 Å². The number of carbonyl (C=O) groups is 3. The molecule has 0 aromatic carbocycles. The van der Waals surface area contributed by atoms with Gasteiger partial charge < -0.3 is 54.0 Å². The van der Waals surface area contributed by atoms with E-state index >= 15 is 0 Å². The molecule has 2 saturated heterocycles. The molecule has 0 aromatic heterocycles. The lowest BCUT2D eigenvalue weighted by Crippen LogP contribution is -2.65. The van der Waals surface area contributed by atoms with Crippen molar-refractivity contribution in [1.82, 2.24) is 0 Å². The molecular weight excluding hydrogens is 584 g/mol. The van der Waals surface area contributed by atoms with E-state index in [-0.39, 0.29) is 6.42 Å². The van der Waals surface area contributed by atoms with Crippen LogP contribution in [0.2, 0.25) is 0 Å². The van der Waals surface area contributed by atoms with Crippen LogP contribution in [-0.4, -0.2) is 118 Å². The number of carbonyl (C=O) groups excluding carboxylic acids is 3. The van der Waals surface area contributed by atoms with Gasteiger partial charge in [-0.1, -0.05) is 54.4 Å². The van der Waals surface area contributed by atoms with E-state index in [2.05, 4.69) is 13.8 Å². The maximum Gasteiger partial charge on any atom is 0.309 e. The first-order valence-corrected chi connectivity index (χ1v) is 15.6. The second kappa shape index (κ2) is 17.7. The van der Waals surface area contributed by atoms with Gasteiger partial charge in [0.05, 0.1) is 25.0 Å². The van der Waals surface area contributed by atoms with Crippen LogP contribution in [0.25, 0.3) is 0 Å². The Labute approximate surface area is 258 Å². The van der Waals surface area contributed by atoms with Crippen molar-refractivity contribution in [2.45, 2.75) is 135 Å². The summed E-state index contributed by atoms with van der Waals surface area (Å²) in [4.78, 5) is 39.1. The SMILES string of the molecule is CCC(C)C(=O)O[C@H]1[C@@H](O[C@]2(CO)O[C@H](CO)[C@@H](O)[C@@H]2O)O[C@H](CO)[C@@H](OC(=O)C(C)CC)[C@@H]1OC(=O)CCCCC(C)C. The number of aliphatic hydroxyl groups excluding tert-OH is 5. The van der Waals surface area contributed by atoms with Gasteiger partial charge in [0.2, 0.25) is 12.1 Å². The molecule has 2 aliphatic heterocycles. The van der Waals surface area contributed by atoms with E-state index in [1.165, 1.54) is 0 Å². The molecule has 0 amide bonds. The van der Waals surface area contributed by atoms with E-state index in [0.29, 0.717) is 25.2 Å². The van der Waals surface area contributed by atoms with Gasteiger partial charge in [0, 0.05) is 6.42 Å². The van der Waals surface area contributed by atoms with Crippen molar-refractivity contribution >= 4 is 17.9 Å². The lowest BCUT2D eigenvalue weighted by Gasteiger charge is -2.46. The van der Waals surface area contributed by atoms with E-state index in [9.17, 15) is 39.9 Å². The van der Waals surface area contributed by atoms with Crippen molar-refractivity contribution in [3.8, 4) is 0 Å². The predicted octanol–water partition coefficient (Wildman–Crippen LogP) is 0.566. The lowest BCUT2D eigenvalue weighted by molar-refractivity contribution is -0.384. The van der Waals surface area contributed by atoms with Crippen LogP contribution in [0.1, 0.15) is 80.1 Å². The number of hydrogen-bond acceptors (Lipinski definition) is 14. The molecule has 2 aliphatic rings. The van der Waals surface area contributed by atoms with Gasteiger partial charge in [-0.15, -0.1) is 0 Å². The average molecular weight is 637 g/mol. The fourth-order valence-electron chi connectivity index (χ4n) is 4.86. The van der Waals surface area contributed by atoms with Gasteiger partial charge in [-0.05, 0) is 25.2 Å². The van der Waals surface area contributed by atoms with Crippen molar-refractivity contribution in [3.05, 3.63) is 0 Å². The largest absolute Gasteiger partial charge is 0.455 e. The molecule has 44 heavy (non-hydrogen) atoms. The summed E-state index contributed by atoms with van der Waals surface area (Å²) < 4.78 is 34.6. The van der Waals surface area contributed by atoms with Gasteiger partial charge in [-0.2, -0.15) is 0 Å². The molecule has 0 aliphatic carbocycles.